The number of anilines is 1. The Balaban J connectivity index is 1.80. The molecule has 0 unspecified atom stereocenters. The summed E-state index contributed by atoms with van der Waals surface area (Å²) in [5.41, 5.74) is 1.15. The number of nitrogens with one attached hydrogen (secondary N) is 2. The van der Waals surface area contributed by atoms with Crippen LogP contribution in [-0.4, -0.2) is 24.7 Å². The van der Waals surface area contributed by atoms with Crippen molar-refractivity contribution in [1.82, 2.24) is 10.5 Å². The molecule has 1 amide bonds. The fourth-order valence-corrected chi connectivity index (χ4v) is 1.66. The topological polar surface area (TPSA) is 76.4 Å². The third kappa shape index (κ3) is 4.10. The van der Waals surface area contributed by atoms with Crippen LogP contribution in [-0.2, 0) is 11.3 Å². The van der Waals surface area contributed by atoms with Gasteiger partial charge < -0.3 is 19.9 Å². The number of hydrogen-bond donors (Lipinski definition) is 2. The first-order valence-corrected chi connectivity index (χ1v) is 6.27. The molecule has 0 saturated carbocycles. The molecule has 0 bridgehead atoms. The van der Waals surface area contributed by atoms with E-state index in [-0.39, 0.29) is 12.5 Å². The average Bonchev–Trinajstić information content (AvgIpc) is 2.84. The number of aromatic nitrogens is 1. The number of benzene rings is 1. The van der Waals surface area contributed by atoms with E-state index >= 15 is 0 Å². The van der Waals surface area contributed by atoms with E-state index in [9.17, 15) is 4.79 Å². The van der Waals surface area contributed by atoms with Crippen LogP contribution in [0.5, 0.6) is 5.75 Å². The highest BCUT2D eigenvalue weighted by Crippen LogP contribution is 2.12. The van der Waals surface area contributed by atoms with Crippen LogP contribution in [0.2, 0.25) is 0 Å². The normalized spacial score (nSPS) is 10.3. The van der Waals surface area contributed by atoms with Gasteiger partial charge in [0.25, 0.3) is 5.91 Å². The Morgan fingerprint density at radius 3 is 2.70 bits per heavy atom. The molecule has 20 heavy (non-hydrogen) atoms. The second-order valence-electron chi connectivity index (χ2n) is 4.33. The Morgan fingerprint density at radius 1 is 1.35 bits per heavy atom. The standard InChI is InChI=1S/C14H17N3O3/c1-10-7-13(17-20-10)16-14(18)9-19-12-5-3-11(4-6-12)8-15-2/h3-7,15H,8-9H2,1-2H3,(H,16,17,18). The van der Waals surface area contributed by atoms with E-state index in [1.807, 2.05) is 31.3 Å². The number of carbonyl (C=O) groups excluding carboxylic acids is 1. The SMILES string of the molecule is CNCc1ccc(OCC(=O)Nc2cc(C)on2)cc1. The highest BCUT2D eigenvalue weighted by molar-refractivity contribution is 5.90. The van der Waals surface area contributed by atoms with E-state index in [1.54, 1.807) is 13.0 Å². The molecule has 1 heterocycles. The van der Waals surface area contributed by atoms with Crippen LogP contribution >= 0.6 is 0 Å². The third-order valence-corrected chi connectivity index (χ3v) is 2.57. The summed E-state index contributed by atoms with van der Waals surface area (Å²) in [6.07, 6.45) is 0. The molecule has 106 valence electrons. The molecule has 0 aliphatic heterocycles. The smallest absolute Gasteiger partial charge is 0.263 e. The van der Waals surface area contributed by atoms with E-state index in [4.69, 9.17) is 9.26 Å². The van der Waals surface area contributed by atoms with Gasteiger partial charge in [0.2, 0.25) is 0 Å². The van der Waals surface area contributed by atoms with Crippen LogP contribution in [0.1, 0.15) is 11.3 Å². The molecule has 2 aromatic rings. The van der Waals surface area contributed by atoms with Crippen LogP contribution in [0.15, 0.2) is 34.9 Å². The summed E-state index contributed by atoms with van der Waals surface area (Å²) >= 11 is 0. The van der Waals surface area contributed by atoms with Crippen molar-refractivity contribution >= 4 is 11.7 Å². The van der Waals surface area contributed by atoms with Crippen molar-refractivity contribution in [2.45, 2.75) is 13.5 Å². The quantitative estimate of drug-likeness (QED) is 0.839. The van der Waals surface area contributed by atoms with Crippen molar-refractivity contribution in [1.29, 1.82) is 0 Å². The molecule has 0 aliphatic carbocycles. The molecule has 6 nitrogen and oxygen atoms in total. The Kier molecular flexibility index (Phi) is 4.73. The van der Waals surface area contributed by atoms with E-state index in [0.717, 1.165) is 12.1 Å². The van der Waals surface area contributed by atoms with E-state index < -0.39 is 0 Å². The van der Waals surface area contributed by atoms with Crippen molar-refractivity contribution in [2.75, 3.05) is 19.0 Å². The van der Waals surface area contributed by atoms with Crippen LogP contribution < -0.4 is 15.4 Å². The summed E-state index contributed by atoms with van der Waals surface area (Å²) in [7, 11) is 1.89. The molecule has 0 atom stereocenters. The molecule has 2 N–H and O–H groups in total. The second-order valence-corrected chi connectivity index (χ2v) is 4.33. The summed E-state index contributed by atoms with van der Waals surface area (Å²) in [5.74, 6) is 1.40. The number of amides is 1. The first-order chi connectivity index (χ1) is 9.67. The molecule has 0 fully saturated rings. The average molecular weight is 275 g/mol. The van der Waals surface area contributed by atoms with Gasteiger partial charge in [-0.1, -0.05) is 17.3 Å². The first kappa shape index (κ1) is 14.1. The molecule has 0 radical (unpaired) electrons. The van der Waals surface area contributed by atoms with Crippen molar-refractivity contribution in [2.24, 2.45) is 0 Å². The minimum atomic E-state index is -0.280. The van der Waals surface area contributed by atoms with Crippen molar-refractivity contribution in [3.05, 3.63) is 41.7 Å². The zero-order valence-corrected chi connectivity index (χ0v) is 11.5. The van der Waals surface area contributed by atoms with Gasteiger partial charge in [0.05, 0.1) is 0 Å². The summed E-state index contributed by atoms with van der Waals surface area (Å²) in [5, 5.41) is 9.32. The molecule has 0 spiro atoms. The maximum absolute atomic E-state index is 11.6. The predicted molar refractivity (Wildman–Crippen MR) is 74.6 cm³/mol. The lowest BCUT2D eigenvalue weighted by molar-refractivity contribution is -0.118. The van der Waals surface area contributed by atoms with Gasteiger partial charge in [-0.25, -0.2) is 0 Å². The summed E-state index contributed by atoms with van der Waals surface area (Å²) in [6, 6.07) is 9.21. The summed E-state index contributed by atoms with van der Waals surface area (Å²) < 4.78 is 10.2. The lowest BCUT2D eigenvalue weighted by Gasteiger charge is -2.06. The van der Waals surface area contributed by atoms with Gasteiger partial charge in [-0.3, -0.25) is 4.79 Å². The van der Waals surface area contributed by atoms with Gasteiger partial charge in [-0.05, 0) is 31.7 Å². The number of hydrogen-bond acceptors (Lipinski definition) is 5. The van der Waals surface area contributed by atoms with E-state index in [2.05, 4.69) is 15.8 Å². The van der Waals surface area contributed by atoms with Gasteiger partial charge in [-0.2, -0.15) is 0 Å². The summed E-state index contributed by atoms with van der Waals surface area (Å²) in [4.78, 5) is 11.6. The maximum atomic E-state index is 11.6. The fourth-order valence-electron chi connectivity index (χ4n) is 1.66. The van der Waals surface area contributed by atoms with E-state index in [1.165, 1.54) is 0 Å². The van der Waals surface area contributed by atoms with Gasteiger partial charge in [0.15, 0.2) is 12.4 Å². The lowest BCUT2D eigenvalue weighted by Crippen LogP contribution is -2.20. The minimum absolute atomic E-state index is 0.0721. The zero-order valence-electron chi connectivity index (χ0n) is 11.5. The molecular formula is C14H17N3O3. The van der Waals surface area contributed by atoms with Crippen LogP contribution in [0.25, 0.3) is 0 Å². The Hall–Kier alpha value is -2.34. The Bertz CT molecular complexity index is 563. The van der Waals surface area contributed by atoms with Crippen LogP contribution in [0, 0.1) is 6.92 Å². The van der Waals surface area contributed by atoms with Gasteiger partial charge in [-0.15, -0.1) is 0 Å². The molecule has 0 aliphatic rings. The second kappa shape index (κ2) is 6.72. The highest BCUT2D eigenvalue weighted by Gasteiger charge is 2.07. The molecule has 1 aromatic heterocycles. The third-order valence-electron chi connectivity index (χ3n) is 2.57. The zero-order chi connectivity index (χ0) is 14.4. The predicted octanol–water partition coefficient (Wildman–Crippen LogP) is 1.72. The Labute approximate surface area is 117 Å². The van der Waals surface area contributed by atoms with Crippen molar-refractivity contribution in [3.63, 3.8) is 0 Å². The van der Waals surface area contributed by atoms with Crippen molar-refractivity contribution < 1.29 is 14.1 Å². The number of rotatable bonds is 6. The van der Waals surface area contributed by atoms with Gasteiger partial charge >= 0.3 is 0 Å². The van der Waals surface area contributed by atoms with E-state index in [0.29, 0.717) is 17.3 Å². The largest absolute Gasteiger partial charge is 0.484 e. The Morgan fingerprint density at radius 2 is 2.10 bits per heavy atom. The lowest BCUT2D eigenvalue weighted by atomic mass is 10.2. The van der Waals surface area contributed by atoms with Crippen molar-refractivity contribution in [3.8, 4) is 5.75 Å². The maximum Gasteiger partial charge on any atom is 0.263 e. The molecule has 1 aromatic carbocycles. The van der Waals surface area contributed by atoms with Gasteiger partial charge in [0.1, 0.15) is 11.5 Å². The highest BCUT2D eigenvalue weighted by atomic mass is 16.5. The number of nitrogens with zero attached hydrogens (tertiary/aromatic N) is 1. The number of aryl methyl sites for hydroxylation is 1. The van der Waals surface area contributed by atoms with Gasteiger partial charge in [0, 0.05) is 12.6 Å². The number of carbonyl (C=O) groups is 1. The summed E-state index contributed by atoms with van der Waals surface area (Å²) in [6.45, 7) is 2.48. The molecule has 2 rings (SSSR count). The molecular weight excluding hydrogens is 258 g/mol. The molecule has 0 saturated heterocycles. The van der Waals surface area contributed by atoms with Crippen LogP contribution in [0.4, 0.5) is 5.82 Å². The monoisotopic (exact) mass is 275 g/mol. The first-order valence-electron chi connectivity index (χ1n) is 6.27. The fraction of sp³-hybridized carbons (Fsp3) is 0.286. The number of ether oxygens (including phenoxy) is 1. The molecule has 6 heteroatoms. The van der Waals surface area contributed by atoms with Crippen LogP contribution in [0.3, 0.4) is 0 Å². The minimum Gasteiger partial charge on any atom is -0.484 e.